The zero-order valence-electron chi connectivity index (χ0n) is 22.8. The van der Waals surface area contributed by atoms with Crippen molar-refractivity contribution in [2.24, 2.45) is 4.99 Å². The summed E-state index contributed by atoms with van der Waals surface area (Å²) in [5.41, 5.74) is 1.94. The van der Waals surface area contributed by atoms with Gasteiger partial charge < -0.3 is 19.3 Å². The first-order valence-electron chi connectivity index (χ1n) is 13.1. The maximum atomic E-state index is 14.1. The van der Waals surface area contributed by atoms with Crippen molar-refractivity contribution < 1.29 is 24.1 Å². The highest BCUT2D eigenvalue weighted by Crippen LogP contribution is 2.41. The molecule has 0 bridgehead atoms. The Kier molecular flexibility index (Phi) is 7.75. The van der Waals surface area contributed by atoms with Crippen LogP contribution in [0.1, 0.15) is 43.9 Å². The van der Waals surface area contributed by atoms with E-state index >= 15 is 0 Å². The number of methoxy groups -OCH3 is 2. The first-order valence-corrected chi connectivity index (χ1v) is 13.9. The van der Waals surface area contributed by atoms with Gasteiger partial charge in [-0.25, -0.2) is 9.79 Å². The van der Waals surface area contributed by atoms with Crippen LogP contribution in [0.3, 0.4) is 0 Å². The molecule has 40 heavy (non-hydrogen) atoms. The first kappa shape index (κ1) is 27.2. The summed E-state index contributed by atoms with van der Waals surface area (Å²) in [6, 6.07) is 15.7. The van der Waals surface area contributed by atoms with E-state index in [1.165, 1.54) is 24.5 Å². The average molecular weight is 559 g/mol. The van der Waals surface area contributed by atoms with Crippen LogP contribution < -0.4 is 24.4 Å². The zero-order valence-corrected chi connectivity index (χ0v) is 23.6. The van der Waals surface area contributed by atoms with Gasteiger partial charge in [0.05, 0.1) is 36.6 Å². The van der Waals surface area contributed by atoms with Gasteiger partial charge in [0, 0.05) is 5.56 Å². The maximum absolute atomic E-state index is 14.1. The topological polar surface area (TPSA) is 99.4 Å². The Morgan fingerprint density at radius 2 is 1.82 bits per heavy atom. The van der Waals surface area contributed by atoms with E-state index in [-0.39, 0.29) is 17.9 Å². The van der Waals surface area contributed by atoms with Gasteiger partial charge in [0.1, 0.15) is 11.8 Å². The Labute approximate surface area is 235 Å². The lowest BCUT2D eigenvalue weighted by Gasteiger charge is -2.28. The van der Waals surface area contributed by atoms with Gasteiger partial charge in [0.15, 0.2) is 16.3 Å². The van der Waals surface area contributed by atoms with Crippen LogP contribution in [0.15, 0.2) is 75.7 Å². The number of benzene rings is 3. The summed E-state index contributed by atoms with van der Waals surface area (Å²) >= 11 is 1.23. The number of aromatic hydroxyl groups is 1. The van der Waals surface area contributed by atoms with Crippen molar-refractivity contribution in [3.05, 3.63) is 96.7 Å². The molecule has 4 aromatic rings. The molecular formula is C31H30N2O6S. The van der Waals surface area contributed by atoms with Gasteiger partial charge in [-0.1, -0.05) is 61.1 Å². The SMILES string of the molecule is CCCC1=C(C(=O)OCC)[C@@H](c2c(OC)ccc3ccccc23)n2c(s/c(=C\c3ccc(OC)c(O)c3)c2=O)=N1. The molecule has 0 amide bonds. The molecule has 0 aliphatic carbocycles. The molecule has 5 rings (SSSR count). The van der Waals surface area contributed by atoms with E-state index in [2.05, 4.69) is 0 Å². The average Bonchev–Trinajstić information content (AvgIpc) is 3.26. The van der Waals surface area contributed by atoms with Gasteiger partial charge in [-0.15, -0.1) is 0 Å². The van der Waals surface area contributed by atoms with Crippen molar-refractivity contribution in [1.29, 1.82) is 0 Å². The monoisotopic (exact) mass is 558 g/mol. The summed E-state index contributed by atoms with van der Waals surface area (Å²) in [4.78, 5) is 33.0. The second-order valence-corrected chi connectivity index (χ2v) is 10.3. The third-order valence-electron chi connectivity index (χ3n) is 6.82. The highest BCUT2D eigenvalue weighted by Gasteiger charge is 2.37. The van der Waals surface area contributed by atoms with E-state index < -0.39 is 12.0 Å². The van der Waals surface area contributed by atoms with Crippen LogP contribution in [0.5, 0.6) is 17.2 Å². The van der Waals surface area contributed by atoms with Crippen LogP contribution >= 0.6 is 11.3 Å². The first-order chi connectivity index (χ1) is 19.4. The molecule has 0 saturated heterocycles. The Balaban J connectivity index is 1.85. The number of aromatic nitrogens is 1. The summed E-state index contributed by atoms with van der Waals surface area (Å²) in [6.07, 6.45) is 2.99. The van der Waals surface area contributed by atoms with Crippen LogP contribution in [0.25, 0.3) is 16.8 Å². The van der Waals surface area contributed by atoms with E-state index in [0.717, 1.165) is 17.2 Å². The molecule has 0 saturated carbocycles. The fourth-order valence-electron chi connectivity index (χ4n) is 5.08. The number of nitrogens with zero attached hydrogens (tertiary/aromatic N) is 2. The number of hydrogen-bond acceptors (Lipinski definition) is 8. The Morgan fingerprint density at radius 1 is 1.07 bits per heavy atom. The molecule has 1 aromatic heterocycles. The quantitative estimate of drug-likeness (QED) is 0.321. The Hall–Kier alpha value is -4.37. The van der Waals surface area contributed by atoms with Gasteiger partial charge in [0.25, 0.3) is 5.56 Å². The number of allylic oxidation sites excluding steroid dienone is 1. The van der Waals surface area contributed by atoms with Crippen LogP contribution in [0.4, 0.5) is 0 Å². The number of phenolic OH excluding ortho intramolecular Hbond substituents is 1. The lowest BCUT2D eigenvalue weighted by Crippen LogP contribution is -2.40. The van der Waals surface area contributed by atoms with Gasteiger partial charge >= 0.3 is 5.97 Å². The van der Waals surface area contributed by atoms with Gasteiger partial charge in [-0.3, -0.25) is 9.36 Å². The molecule has 1 aliphatic rings. The maximum Gasteiger partial charge on any atom is 0.338 e. The molecule has 0 radical (unpaired) electrons. The molecule has 0 fully saturated rings. The minimum atomic E-state index is -0.815. The van der Waals surface area contributed by atoms with E-state index in [0.29, 0.717) is 49.7 Å². The highest BCUT2D eigenvalue weighted by atomic mass is 32.1. The minimum Gasteiger partial charge on any atom is -0.504 e. The summed E-state index contributed by atoms with van der Waals surface area (Å²) in [5.74, 6) is 0.351. The van der Waals surface area contributed by atoms with E-state index in [1.807, 2.05) is 43.3 Å². The summed E-state index contributed by atoms with van der Waals surface area (Å²) in [5, 5.41) is 12.1. The van der Waals surface area contributed by atoms with Crippen LogP contribution in [-0.2, 0) is 9.53 Å². The second-order valence-electron chi connectivity index (χ2n) is 9.25. The number of ether oxygens (including phenoxy) is 3. The fraction of sp³-hybridized carbons (Fsp3) is 0.258. The second kappa shape index (κ2) is 11.4. The van der Waals surface area contributed by atoms with Crippen molar-refractivity contribution >= 4 is 34.2 Å². The number of rotatable bonds is 8. The summed E-state index contributed by atoms with van der Waals surface area (Å²) in [6.45, 7) is 3.96. The fourth-order valence-corrected chi connectivity index (χ4v) is 6.10. The standard InChI is InChI=1S/C31H30N2O6S/c1-5-9-21-27(30(36)39-6-2)28(26-20-11-8-7-10-19(20)13-15-24(26)38-4)33-29(35)25(40-31(33)32-21)17-18-12-14-23(37-3)22(34)16-18/h7-8,10-17,28,34H,5-6,9H2,1-4H3/b25-17-/t28-/m1/s1. The van der Waals surface area contributed by atoms with Crippen molar-refractivity contribution in [3.8, 4) is 17.2 Å². The van der Waals surface area contributed by atoms with Gasteiger partial charge in [-0.05, 0) is 54.0 Å². The third kappa shape index (κ3) is 4.77. The number of phenols is 1. The lowest BCUT2D eigenvalue weighted by molar-refractivity contribution is -0.139. The predicted molar refractivity (Wildman–Crippen MR) is 155 cm³/mol. The van der Waals surface area contributed by atoms with Crippen molar-refractivity contribution in [3.63, 3.8) is 0 Å². The molecule has 2 heterocycles. The molecular weight excluding hydrogens is 528 g/mol. The number of esters is 1. The highest BCUT2D eigenvalue weighted by molar-refractivity contribution is 7.07. The van der Waals surface area contributed by atoms with E-state index in [1.54, 1.807) is 36.8 Å². The number of carbonyl (C=O) groups is 1. The number of carbonyl (C=O) groups excluding carboxylic acids is 1. The van der Waals surface area contributed by atoms with Crippen LogP contribution in [0, 0.1) is 0 Å². The number of thiazole rings is 1. The molecule has 206 valence electrons. The Morgan fingerprint density at radius 3 is 2.52 bits per heavy atom. The van der Waals surface area contributed by atoms with Gasteiger partial charge in [0.2, 0.25) is 0 Å². The zero-order chi connectivity index (χ0) is 28.4. The van der Waals surface area contributed by atoms with Crippen LogP contribution in [-0.4, -0.2) is 36.5 Å². The van der Waals surface area contributed by atoms with E-state index in [4.69, 9.17) is 19.2 Å². The van der Waals surface area contributed by atoms with E-state index in [9.17, 15) is 14.7 Å². The Bertz CT molecular complexity index is 1820. The lowest BCUT2D eigenvalue weighted by atomic mass is 9.90. The largest absolute Gasteiger partial charge is 0.504 e. The number of hydrogen-bond donors (Lipinski definition) is 1. The number of fused-ring (bicyclic) bond motifs is 2. The molecule has 1 atom stereocenters. The normalized spacial score (nSPS) is 15.1. The summed E-state index contributed by atoms with van der Waals surface area (Å²) < 4.78 is 18.5. The van der Waals surface area contributed by atoms with Crippen molar-refractivity contribution in [1.82, 2.24) is 4.57 Å². The molecule has 9 heteroatoms. The molecule has 1 aliphatic heterocycles. The molecule has 8 nitrogen and oxygen atoms in total. The predicted octanol–water partition coefficient (Wildman–Crippen LogP) is 4.45. The van der Waals surface area contributed by atoms with Crippen LogP contribution in [0.2, 0.25) is 0 Å². The van der Waals surface area contributed by atoms with Crippen molar-refractivity contribution in [2.75, 3.05) is 20.8 Å². The summed E-state index contributed by atoms with van der Waals surface area (Å²) in [7, 11) is 3.05. The smallest absolute Gasteiger partial charge is 0.338 e. The minimum absolute atomic E-state index is 0.0303. The van der Waals surface area contributed by atoms with Gasteiger partial charge in [-0.2, -0.15) is 0 Å². The molecule has 3 aromatic carbocycles. The molecule has 1 N–H and O–H groups in total. The van der Waals surface area contributed by atoms with Crippen molar-refractivity contribution in [2.45, 2.75) is 32.7 Å². The molecule has 0 spiro atoms. The molecule has 0 unspecified atom stereocenters. The third-order valence-corrected chi connectivity index (χ3v) is 7.80.